The van der Waals surface area contributed by atoms with Crippen molar-refractivity contribution in [2.24, 2.45) is 4.99 Å². The lowest BCUT2D eigenvalue weighted by atomic mass is 10.2. The van der Waals surface area contributed by atoms with Crippen LogP contribution in [0.1, 0.15) is 17.3 Å². The van der Waals surface area contributed by atoms with E-state index in [0.717, 1.165) is 16.3 Å². The van der Waals surface area contributed by atoms with E-state index in [1.807, 2.05) is 11.5 Å². The van der Waals surface area contributed by atoms with E-state index in [1.165, 1.54) is 23.5 Å². The first-order valence-corrected chi connectivity index (χ1v) is 9.38. The molecule has 0 fully saturated rings. The van der Waals surface area contributed by atoms with Crippen LogP contribution in [0, 0.1) is 10.1 Å². The zero-order valence-electron chi connectivity index (χ0n) is 15.3. The molecular weight excluding hydrogens is 406 g/mol. The molecule has 0 radical (unpaired) electrons. The Morgan fingerprint density at radius 1 is 1.25 bits per heavy atom. The summed E-state index contributed by atoms with van der Waals surface area (Å²) in [7, 11) is 3.12. The molecule has 10 heteroatoms. The third-order valence-electron chi connectivity index (χ3n) is 4.10. The number of ether oxygens (including phenoxy) is 2. The number of aromatic nitrogens is 1. The number of non-ortho nitro benzene ring substituents is 1. The van der Waals surface area contributed by atoms with Crippen molar-refractivity contribution in [3.63, 3.8) is 0 Å². The Balaban J connectivity index is 2.24. The molecule has 0 saturated heterocycles. The van der Waals surface area contributed by atoms with E-state index < -0.39 is 10.8 Å². The summed E-state index contributed by atoms with van der Waals surface area (Å²) >= 11 is 7.32. The van der Waals surface area contributed by atoms with Crippen molar-refractivity contribution in [2.75, 3.05) is 14.2 Å². The quantitative estimate of drug-likeness (QED) is 0.457. The number of aryl methyl sites for hydroxylation is 1. The fraction of sp³-hybridized carbons (Fsp3) is 0.222. The Bertz CT molecular complexity index is 1150. The van der Waals surface area contributed by atoms with Crippen LogP contribution >= 0.6 is 22.9 Å². The Morgan fingerprint density at radius 2 is 1.93 bits per heavy atom. The van der Waals surface area contributed by atoms with E-state index in [1.54, 1.807) is 26.4 Å². The van der Waals surface area contributed by atoms with E-state index in [-0.39, 0.29) is 16.3 Å². The highest BCUT2D eigenvalue weighted by atomic mass is 35.5. The molecule has 0 atom stereocenters. The van der Waals surface area contributed by atoms with Gasteiger partial charge in [0.2, 0.25) is 0 Å². The minimum atomic E-state index is -0.666. The van der Waals surface area contributed by atoms with Gasteiger partial charge in [-0.25, -0.2) is 0 Å². The summed E-state index contributed by atoms with van der Waals surface area (Å²) in [6, 6.07) is 7.23. The minimum absolute atomic E-state index is 0.0325. The molecule has 3 aromatic rings. The number of benzene rings is 2. The van der Waals surface area contributed by atoms with Crippen molar-refractivity contribution in [3.05, 3.63) is 55.8 Å². The van der Waals surface area contributed by atoms with Gasteiger partial charge in [-0.2, -0.15) is 4.99 Å². The number of hydrogen-bond donors (Lipinski definition) is 0. The van der Waals surface area contributed by atoms with Gasteiger partial charge in [0, 0.05) is 18.7 Å². The Morgan fingerprint density at radius 3 is 2.54 bits per heavy atom. The number of carbonyl (C=O) groups is 1. The molecule has 146 valence electrons. The number of halogens is 1. The van der Waals surface area contributed by atoms with E-state index in [2.05, 4.69) is 4.99 Å². The fourth-order valence-electron chi connectivity index (χ4n) is 2.77. The van der Waals surface area contributed by atoms with Crippen LogP contribution in [0.25, 0.3) is 10.2 Å². The first-order valence-electron chi connectivity index (χ1n) is 8.18. The molecule has 0 bridgehead atoms. The molecule has 3 rings (SSSR count). The average Bonchev–Trinajstić information content (AvgIpc) is 3.05. The number of nitrogens with zero attached hydrogens (tertiary/aromatic N) is 3. The molecule has 2 aromatic carbocycles. The summed E-state index contributed by atoms with van der Waals surface area (Å²) < 4.78 is 13.5. The van der Waals surface area contributed by atoms with Crippen LogP contribution in [0.3, 0.4) is 0 Å². The number of fused-ring (bicyclic) bond motifs is 1. The fourth-order valence-corrected chi connectivity index (χ4v) is 4.17. The number of methoxy groups -OCH3 is 2. The van der Waals surface area contributed by atoms with Gasteiger partial charge in [0.1, 0.15) is 21.7 Å². The van der Waals surface area contributed by atoms with Gasteiger partial charge in [-0.15, -0.1) is 0 Å². The molecule has 0 N–H and O–H groups in total. The summed E-state index contributed by atoms with van der Waals surface area (Å²) in [6.45, 7) is 2.44. The molecular formula is C18H16ClN3O5S. The molecule has 0 aliphatic rings. The molecule has 28 heavy (non-hydrogen) atoms. The maximum atomic E-state index is 12.7. The van der Waals surface area contributed by atoms with Crippen LogP contribution in [-0.2, 0) is 6.54 Å². The van der Waals surface area contributed by atoms with Gasteiger partial charge in [0.15, 0.2) is 4.80 Å². The monoisotopic (exact) mass is 421 g/mol. The van der Waals surface area contributed by atoms with Gasteiger partial charge in [0.25, 0.3) is 11.6 Å². The second kappa shape index (κ2) is 7.99. The largest absolute Gasteiger partial charge is 0.495 e. The SMILES string of the molecule is CCn1c(=NC(=O)c2cc([N+](=O)[O-])ccc2Cl)sc2c(OC)ccc(OC)c21. The normalized spacial score (nSPS) is 11.6. The van der Waals surface area contributed by atoms with Gasteiger partial charge in [0.05, 0.1) is 29.7 Å². The van der Waals surface area contributed by atoms with E-state index in [4.69, 9.17) is 21.1 Å². The average molecular weight is 422 g/mol. The predicted molar refractivity (Wildman–Crippen MR) is 107 cm³/mol. The smallest absolute Gasteiger partial charge is 0.281 e. The van der Waals surface area contributed by atoms with Gasteiger partial charge >= 0.3 is 0 Å². The highest BCUT2D eigenvalue weighted by Gasteiger charge is 2.18. The summed E-state index contributed by atoms with van der Waals surface area (Å²) in [5.74, 6) is 0.585. The van der Waals surface area contributed by atoms with Gasteiger partial charge in [-0.05, 0) is 25.1 Å². The second-order valence-corrected chi connectivity index (χ2v) is 7.00. The molecule has 8 nitrogen and oxygen atoms in total. The van der Waals surface area contributed by atoms with Gasteiger partial charge in [-0.3, -0.25) is 14.9 Å². The van der Waals surface area contributed by atoms with Crippen LogP contribution < -0.4 is 14.3 Å². The number of nitro groups is 1. The van der Waals surface area contributed by atoms with E-state index >= 15 is 0 Å². The number of nitro benzene ring substituents is 1. The van der Waals surface area contributed by atoms with E-state index in [9.17, 15) is 14.9 Å². The van der Waals surface area contributed by atoms with Gasteiger partial charge < -0.3 is 14.0 Å². The van der Waals surface area contributed by atoms with Crippen molar-refractivity contribution in [1.82, 2.24) is 4.57 Å². The summed E-state index contributed by atoms with van der Waals surface area (Å²) in [5, 5.41) is 11.1. The standard InChI is InChI=1S/C18H16ClN3O5S/c1-4-21-15-13(26-2)7-8-14(27-3)16(15)28-18(21)20-17(23)11-9-10(22(24)25)5-6-12(11)19/h5-9H,4H2,1-3H3. The predicted octanol–water partition coefficient (Wildman–Crippen LogP) is 4.04. The summed E-state index contributed by atoms with van der Waals surface area (Å²) in [4.78, 5) is 27.7. The molecule has 0 aliphatic heterocycles. The third-order valence-corrected chi connectivity index (χ3v) is 5.52. The summed E-state index contributed by atoms with van der Waals surface area (Å²) in [5.41, 5.74) is 0.493. The van der Waals surface area contributed by atoms with Crippen molar-refractivity contribution < 1.29 is 19.2 Å². The lowest BCUT2D eigenvalue weighted by Crippen LogP contribution is -2.16. The van der Waals surface area contributed by atoms with Crippen LogP contribution in [0.2, 0.25) is 5.02 Å². The Labute approximate surface area is 168 Å². The number of hydrogen-bond acceptors (Lipinski definition) is 6. The lowest BCUT2D eigenvalue weighted by Gasteiger charge is -2.08. The van der Waals surface area contributed by atoms with Crippen molar-refractivity contribution in [1.29, 1.82) is 0 Å². The molecule has 1 amide bonds. The molecule has 0 spiro atoms. The Hall–Kier alpha value is -2.91. The van der Waals surface area contributed by atoms with Gasteiger partial charge in [-0.1, -0.05) is 22.9 Å². The third kappa shape index (κ3) is 3.46. The highest BCUT2D eigenvalue weighted by molar-refractivity contribution is 7.16. The number of rotatable bonds is 5. The van der Waals surface area contributed by atoms with Crippen LogP contribution in [0.4, 0.5) is 5.69 Å². The molecule has 0 saturated carbocycles. The molecule has 1 heterocycles. The first kappa shape index (κ1) is 19.8. The molecule has 0 aliphatic carbocycles. The second-order valence-electron chi connectivity index (χ2n) is 5.61. The lowest BCUT2D eigenvalue weighted by molar-refractivity contribution is -0.384. The number of thiazole rings is 1. The van der Waals surface area contributed by atoms with Crippen molar-refractivity contribution >= 4 is 44.7 Å². The highest BCUT2D eigenvalue weighted by Crippen LogP contribution is 2.35. The van der Waals surface area contributed by atoms with Crippen LogP contribution in [0.15, 0.2) is 35.3 Å². The van der Waals surface area contributed by atoms with Crippen molar-refractivity contribution in [2.45, 2.75) is 13.5 Å². The zero-order chi connectivity index (χ0) is 20.4. The van der Waals surface area contributed by atoms with Crippen molar-refractivity contribution in [3.8, 4) is 11.5 Å². The Kier molecular flexibility index (Phi) is 5.66. The van der Waals surface area contributed by atoms with Crippen LogP contribution in [0.5, 0.6) is 11.5 Å². The zero-order valence-corrected chi connectivity index (χ0v) is 16.8. The maximum Gasteiger partial charge on any atom is 0.281 e. The number of carbonyl (C=O) groups excluding carboxylic acids is 1. The molecule has 0 unspecified atom stereocenters. The topological polar surface area (TPSA) is 96.0 Å². The summed E-state index contributed by atoms with van der Waals surface area (Å²) in [6.07, 6.45) is 0. The molecule has 1 aromatic heterocycles. The van der Waals surface area contributed by atoms with E-state index in [0.29, 0.717) is 22.8 Å². The number of amides is 1. The minimum Gasteiger partial charge on any atom is -0.495 e. The maximum absolute atomic E-state index is 12.7. The van der Waals surface area contributed by atoms with Crippen LogP contribution in [-0.4, -0.2) is 29.6 Å². The first-order chi connectivity index (χ1) is 13.4.